The van der Waals surface area contributed by atoms with Crippen LogP contribution in [-0.2, 0) is 4.74 Å². The lowest BCUT2D eigenvalue weighted by Crippen LogP contribution is -2.45. The van der Waals surface area contributed by atoms with Gasteiger partial charge in [0.1, 0.15) is 11.8 Å². The van der Waals surface area contributed by atoms with E-state index in [9.17, 15) is 4.79 Å². The van der Waals surface area contributed by atoms with Crippen molar-refractivity contribution in [2.24, 2.45) is 5.92 Å². The number of fused-ring (bicyclic) bond motifs is 1. The summed E-state index contributed by atoms with van der Waals surface area (Å²) in [7, 11) is 0. The lowest BCUT2D eigenvalue weighted by atomic mass is 9.91. The van der Waals surface area contributed by atoms with Crippen LogP contribution in [0, 0.1) is 12.8 Å². The van der Waals surface area contributed by atoms with Gasteiger partial charge in [-0.3, -0.25) is 9.78 Å². The number of ether oxygens (including phenoxy) is 1. The number of nitrogens with zero attached hydrogens (tertiary/aromatic N) is 5. The predicted octanol–water partition coefficient (Wildman–Crippen LogP) is 1.16. The van der Waals surface area contributed by atoms with Crippen molar-refractivity contribution in [3.8, 4) is 0 Å². The van der Waals surface area contributed by atoms with Crippen molar-refractivity contribution in [3.63, 3.8) is 0 Å². The molecule has 4 heterocycles. The molecule has 2 aliphatic rings. The molecule has 0 saturated carbocycles. The number of hydrogen-bond donors (Lipinski definition) is 0. The molecular weight excluding hydrogens is 298 g/mol. The van der Waals surface area contributed by atoms with Crippen LogP contribution >= 0.6 is 0 Å². The summed E-state index contributed by atoms with van der Waals surface area (Å²) in [6.07, 6.45) is 6.22. The maximum absolute atomic E-state index is 12.5. The van der Waals surface area contributed by atoms with E-state index in [0.29, 0.717) is 36.4 Å². The highest BCUT2D eigenvalue weighted by atomic mass is 16.5. The van der Waals surface area contributed by atoms with E-state index in [1.54, 1.807) is 18.0 Å². The predicted molar refractivity (Wildman–Crippen MR) is 77.3 cm³/mol. The second-order valence-corrected chi connectivity index (χ2v) is 5.96. The first kappa shape index (κ1) is 14.3. The molecule has 8 nitrogen and oxygen atoms in total. The third-order valence-corrected chi connectivity index (χ3v) is 4.45. The fourth-order valence-corrected chi connectivity index (χ4v) is 3.30. The zero-order valence-corrected chi connectivity index (χ0v) is 12.8. The minimum Gasteiger partial charge on any atom is -0.365 e. The topological polar surface area (TPSA) is 94.2 Å². The van der Waals surface area contributed by atoms with Gasteiger partial charge in [0.05, 0.1) is 12.3 Å². The van der Waals surface area contributed by atoms with E-state index in [0.717, 1.165) is 12.8 Å². The van der Waals surface area contributed by atoms with Crippen LogP contribution in [-0.4, -0.2) is 50.1 Å². The van der Waals surface area contributed by atoms with Gasteiger partial charge in [0.25, 0.3) is 5.91 Å². The van der Waals surface area contributed by atoms with Gasteiger partial charge in [0.15, 0.2) is 0 Å². The first-order valence-electron chi connectivity index (χ1n) is 7.71. The SMILES string of the molecule is Cc1nc([C@@H]2C[C@@H]3CCN(C(=O)c4cnccn4)C[C@H]3O2)no1. The molecule has 8 heteroatoms. The Hall–Kier alpha value is -2.35. The quantitative estimate of drug-likeness (QED) is 0.820. The molecule has 2 aliphatic heterocycles. The lowest BCUT2D eigenvalue weighted by molar-refractivity contribution is -0.00763. The third-order valence-electron chi connectivity index (χ3n) is 4.45. The number of rotatable bonds is 2. The maximum Gasteiger partial charge on any atom is 0.274 e. The average Bonchev–Trinajstić information content (AvgIpc) is 3.20. The minimum absolute atomic E-state index is 0.00757. The Labute approximate surface area is 132 Å². The minimum atomic E-state index is -0.144. The lowest BCUT2D eigenvalue weighted by Gasteiger charge is -2.33. The Balaban J connectivity index is 1.44. The monoisotopic (exact) mass is 315 g/mol. The molecule has 2 saturated heterocycles. The molecule has 120 valence electrons. The molecular formula is C15H17N5O3. The van der Waals surface area contributed by atoms with E-state index in [-0.39, 0.29) is 18.1 Å². The second kappa shape index (κ2) is 5.69. The molecule has 0 aromatic carbocycles. The molecule has 0 bridgehead atoms. The molecule has 0 aliphatic carbocycles. The van der Waals surface area contributed by atoms with E-state index in [1.165, 1.54) is 12.4 Å². The summed E-state index contributed by atoms with van der Waals surface area (Å²) in [5.41, 5.74) is 0.370. The molecule has 0 radical (unpaired) electrons. The van der Waals surface area contributed by atoms with Crippen molar-refractivity contribution in [2.75, 3.05) is 13.1 Å². The van der Waals surface area contributed by atoms with E-state index in [2.05, 4.69) is 20.1 Å². The fourth-order valence-electron chi connectivity index (χ4n) is 3.30. The zero-order valence-electron chi connectivity index (χ0n) is 12.8. The summed E-state index contributed by atoms with van der Waals surface area (Å²) < 4.78 is 11.1. The van der Waals surface area contributed by atoms with Gasteiger partial charge in [-0.25, -0.2) is 4.98 Å². The molecule has 4 rings (SSSR count). The maximum atomic E-state index is 12.5. The van der Waals surface area contributed by atoms with E-state index >= 15 is 0 Å². The van der Waals surface area contributed by atoms with Crippen LogP contribution in [0.3, 0.4) is 0 Å². The van der Waals surface area contributed by atoms with E-state index < -0.39 is 0 Å². The van der Waals surface area contributed by atoms with Crippen molar-refractivity contribution in [2.45, 2.75) is 32.0 Å². The van der Waals surface area contributed by atoms with Gasteiger partial charge in [0.2, 0.25) is 11.7 Å². The van der Waals surface area contributed by atoms with Gasteiger partial charge in [-0.15, -0.1) is 0 Å². The smallest absolute Gasteiger partial charge is 0.274 e. The molecule has 23 heavy (non-hydrogen) atoms. The van der Waals surface area contributed by atoms with Crippen molar-refractivity contribution in [1.29, 1.82) is 0 Å². The van der Waals surface area contributed by atoms with Crippen molar-refractivity contribution in [1.82, 2.24) is 25.0 Å². The second-order valence-electron chi connectivity index (χ2n) is 5.96. The highest BCUT2D eigenvalue weighted by molar-refractivity contribution is 5.92. The summed E-state index contributed by atoms with van der Waals surface area (Å²) in [6, 6.07) is 0. The fraction of sp³-hybridized carbons (Fsp3) is 0.533. The number of carbonyl (C=O) groups is 1. The molecule has 0 unspecified atom stereocenters. The molecule has 0 spiro atoms. The first-order valence-corrected chi connectivity index (χ1v) is 7.71. The number of hydrogen-bond acceptors (Lipinski definition) is 7. The van der Waals surface area contributed by atoms with Gasteiger partial charge >= 0.3 is 0 Å². The van der Waals surface area contributed by atoms with Crippen molar-refractivity contribution in [3.05, 3.63) is 36.0 Å². The number of amides is 1. The molecule has 0 N–H and O–H groups in total. The van der Waals surface area contributed by atoms with Gasteiger partial charge in [-0.1, -0.05) is 5.16 Å². The van der Waals surface area contributed by atoms with Crippen LogP contribution in [0.4, 0.5) is 0 Å². The van der Waals surface area contributed by atoms with Crippen LogP contribution in [0.25, 0.3) is 0 Å². The number of piperidine rings is 1. The van der Waals surface area contributed by atoms with Crippen LogP contribution < -0.4 is 0 Å². The van der Waals surface area contributed by atoms with Gasteiger partial charge < -0.3 is 14.2 Å². The number of likely N-dealkylation sites (tertiary alicyclic amines) is 1. The number of carbonyl (C=O) groups excluding carboxylic acids is 1. The Morgan fingerprint density at radius 3 is 3.04 bits per heavy atom. The molecule has 2 fully saturated rings. The summed E-state index contributed by atoms with van der Waals surface area (Å²) in [5.74, 6) is 1.46. The zero-order chi connectivity index (χ0) is 15.8. The standard InChI is InChI=1S/C15H17N5O3/c1-9-18-14(19-23-9)12-6-10-2-5-20(8-13(10)22-12)15(21)11-7-16-3-4-17-11/h3-4,7,10,12-13H,2,5-6,8H2,1H3/t10-,12-,13+/m0/s1. The highest BCUT2D eigenvalue weighted by Crippen LogP contribution is 2.40. The summed E-state index contributed by atoms with van der Waals surface area (Å²) in [4.78, 5) is 26.5. The Kier molecular flexibility index (Phi) is 3.53. The van der Waals surface area contributed by atoms with E-state index in [4.69, 9.17) is 9.26 Å². The average molecular weight is 315 g/mol. The van der Waals surface area contributed by atoms with Gasteiger partial charge in [-0.05, 0) is 18.8 Å². The summed E-state index contributed by atoms with van der Waals surface area (Å²) in [6.45, 7) is 3.03. The first-order chi connectivity index (χ1) is 11.2. The van der Waals surface area contributed by atoms with Crippen LogP contribution in [0.1, 0.15) is 41.1 Å². The van der Waals surface area contributed by atoms with Gasteiger partial charge in [0, 0.05) is 32.4 Å². The highest BCUT2D eigenvalue weighted by Gasteiger charge is 2.42. The molecule has 2 aromatic rings. The van der Waals surface area contributed by atoms with Crippen molar-refractivity contribution >= 4 is 5.91 Å². The summed E-state index contributed by atoms with van der Waals surface area (Å²) in [5, 5.41) is 3.95. The Morgan fingerprint density at radius 2 is 2.30 bits per heavy atom. The summed E-state index contributed by atoms with van der Waals surface area (Å²) >= 11 is 0. The number of aryl methyl sites for hydroxylation is 1. The molecule has 1 amide bonds. The van der Waals surface area contributed by atoms with Gasteiger partial charge in [-0.2, -0.15) is 4.98 Å². The van der Waals surface area contributed by atoms with E-state index in [1.807, 2.05) is 0 Å². The third kappa shape index (κ3) is 2.70. The van der Waals surface area contributed by atoms with Crippen LogP contribution in [0.15, 0.2) is 23.1 Å². The number of aromatic nitrogens is 4. The van der Waals surface area contributed by atoms with Crippen LogP contribution in [0.2, 0.25) is 0 Å². The Morgan fingerprint density at radius 1 is 1.39 bits per heavy atom. The van der Waals surface area contributed by atoms with Crippen molar-refractivity contribution < 1.29 is 14.1 Å². The normalized spacial score (nSPS) is 27.0. The van der Waals surface area contributed by atoms with Crippen LogP contribution in [0.5, 0.6) is 0 Å². The molecule has 3 atom stereocenters. The largest absolute Gasteiger partial charge is 0.365 e. The Bertz CT molecular complexity index is 704. The molecule has 2 aromatic heterocycles.